The molecule has 0 spiro atoms. The number of aromatic nitrogens is 4. The van der Waals surface area contributed by atoms with Gasteiger partial charge in [-0.05, 0) is 42.6 Å². The monoisotopic (exact) mass is 387 g/mol. The lowest BCUT2D eigenvalue weighted by Gasteiger charge is -2.33. The van der Waals surface area contributed by atoms with Gasteiger partial charge in [-0.2, -0.15) is 0 Å². The van der Waals surface area contributed by atoms with Crippen LogP contribution in [-0.4, -0.2) is 43.7 Å². The highest BCUT2D eigenvalue weighted by molar-refractivity contribution is 7.19. The van der Waals surface area contributed by atoms with E-state index < -0.39 is 0 Å². The summed E-state index contributed by atoms with van der Waals surface area (Å²) in [5.74, 6) is 0.488. The number of rotatable bonds is 4. The van der Waals surface area contributed by atoms with Crippen molar-refractivity contribution in [2.45, 2.75) is 46.5 Å². The highest BCUT2D eigenvalue weighted by atomic mass is 32.1. The first-order chi connectivity index (χ1) is 12.9. The molecular formula is C19H25N5O2S. The molecule has 1 aliphatic rings. The van der Waals surface area contributed by atoms with Crippen molar-refractivity contribution in [1.29, 1.82) is 0 Å². The van der Waals surface area contributed by atoms with E-state index in [4.69, 9.17) is 5.11 Å². The summed E-state index contributed by atoms with van der Waals surface area (Å²) in [4.78, 5) is 23.7. The Balaban J connectivity index is 1.72. The van der Waals surface area contributed by atoms with Gasteiger partial charge in [-0.1, -0.05) is 20.8 Å². The van der Waals surface area contributed by atoms with Crippen LogP contribution in [0.4, 0.5) is 0 Å². The Bertz CT molecular complexity index is 1000. The summed E-state index contributed by atoms with van der Waals surface area (Å²) in [5, 5.41) is 16.9. The smallest absolute Gasteiger partial charge is 0.290 e. The van der Waals surface area contributed by atoms with Crippen LogP contribution in [0, 0.1) is 11.3 Å². The van der Waals surface area contributed by atoms with E-state index in [1.54, 1.807) is 22.2 Å². The van der Waals surface area contributed by atoms with Gasteiger partial charge in [0.15, 0.2) is 5.65 Å². The van der Waals surface area contributed by atoms with Crippen molar-refractivity contribution in [3.63, 3.8) is 0 Å². The minimum Gasteiger partial charge on any atom is -0.396 e. The van der Waals surface area contributed by atoms with E-state index in [1.165, 1.54) is 10.4 Å². The van der Waals surface area contributed by atoms with Gasteiger partial charge in [-0.3, -0.25) is 4.79 Å². The van der Waals surface area contributed by atoms with Crippen LogP contribution >= 0.6 is 11.3 Å². The average molecular weight is 388 g/mol. The first-order valence-electron chi connectivity index (χ1n) is 9.43. The molecule has 1 atom stereocenters. The predicted molar refractivity (Wildman–Crippen MR) is 105 cm³/mol. The zero-order valence-corrected chi connectivity index (χ0v) is 16.8. The maximum Gasteiger partial charge on any atom is 0.290 e. The van der Waals surface area contributed by atoms with Gasteiger partial charge in [0.1, 0.15) is 11.2 Å². The van der Waals surface area contributed by atoms with Crippen molar-refractivity contribution >= 4 is 33.1 Å². The molecule has 1 amide bonds. The maximum atomic E-state index is 12.3. The summed E-state index contributed by atoms with van der Waals surface area (Å²) >= 11 is 1.75. The minimum absolute atomic E-state index is 0.0417. The number of carbonyl (C=O) groups excluding carboxylic acids is 1. The Kier molecular flexibility index (Phi) is 4.63. The Labute approximate surface area is 161 Å². The summed E-state index contributed by atoms with van der Waals surface area (Å²) in [7, 11) is 0. The fraction of sp³-hybridized carbons (Fsp3) is 0.579. The molecule has 3 aromatic rings. The lowest BCUT2D eigenvalue weighted by atomic mass is 9.72. The number of thiophene rings is 1. The second kappa shape index (κ2) is 6.83. The molecule has 8 heteroatoms. The van der Waals surface area contributed by atoms with Crippen LogP contribution < -0.4 is 5.32 Å². The number of fused-ring (bicyclic) bond motifs is 5. The van der Waals surface area contributed by atoms with Crippen LogP contribution in [0.2, 0.25) is 0 Å². The van der Waals surface area contributed by atoms with Crippen molar-refractivity contribution in [2.75, 3.05) is 13.2 Å². The molecule has 3 aromatic heterocycles. The number of hydrogen-bond acceptors (Lipinski definition) is 6. The summed E-state index contributed by atoms with van der Waals surface area (Å²) in [6, 6.07) is 0. The molecule has 0 bridgehead atoms. The standard InChI is InChI=1S/C19H25N5O2S/c1-19(2,3)11-5-6-12-13(9-11)27-18-14(12)16-22-15(23-24(16)10-21-18)17(26)20-7-4-8-25/h10-11,25H,4-9H2,1-3H3,(H,20,26). The average Bonchev–Trinajstić information content (AvgIpc) is 3.21. The third-order valence-corrected chi connectivity index (χ3v) is 6.60. The predicted octanol–water partition coefficient (Wildman–Crippen LogP) is 2.60. The molecule has 0 aromatic carbocycles. The molecule has 1 unspecified atom stereocenters. The van der Waals surface area contributed by atoms with Gasteiger partial charge >= 0.3 is 0 Å². The van der Waals surface area contributed by atoms with E-state index in [0.717, 1.165) is 29.5 Å². The number of amides is 1. The highest BCUT2D eigenvalue weighted by Gasteiger charge is 2.32. The van der Waals surface area contributed by atoms with Crippen LogP contribution in [0.3, 0.4) is 0 Å². The van der Waals surface area contributed by atoms with E-state index in [-0.39, 0.29) is 18.3 Å². The molecule has 0 saturated carbocycles. The fourth-order valence-electron chi connectivity index (χ4n) is 3.77. The molecule has 3 heterocycles. The van der Waals surface area contributed by atoms with Crippen molar-refractivity contribution in [1.82, 2.24) is 24.9 Å². The van der Waals surface area contributed by atoms with Crippen LogP contribution in [0.5, 0.6) is 0 Å². The largest absolute Gasteiger partial charge is 0.396 e. The second-order valence-electron chi connectivity index (χ2n) is 8.27. The molecule has 144 valence electrons. The molecule has 7 nitrogen and oxygen atoms in total. The SMILES string of the molecule is CC(C)(C)C1CCc2c(sc3ncn4nc(C(=O)NCCCO)nc4c23)C1. The first kappa shape index (κ1) is 18.3. The Morgan fingerprint density at radius 2 is 2.26 bits per heavy atom. The third kappa shape index (κ3) is 3.32. The number of carbonyl (C=O) groups is 1. The molecule has 0 radical (unpaired) electrons. The van der Waals surface area contributed by atoms with Crippen LogP contribution in [0.15, 0.2) is 6.33 Å². The van der Waals surface area contributed by atoms with Gasteiger partial charge in [0, 0.05) is 18.0 Å². The quantitative estimate of drug-likeness (QED) is 0.671. The van der Waals surface area contributed by atoms with E-state index in [2.05, 4.69) is 41.2 Å². The number of hydrogen-bond donors (Lipinski definition) is 2. The van der Waals surface area contributed by atoms with Gasteiger partial charge in [0.05, 0.1) is 5.39 Å². The van der Waals surface area contributed by atoms with Crippen LogP contribution in [-0.2, 0) is 12.8 Å². The van der Waals surface area contributed by atoms with Gasteiger partial charge in [0.2, 0.25) is 5.82 Å². The van der Waals surface area contributed by atoms with E-state index in [9.17, 15) is 4.79 Å². The molecular weight excluding hydrogens is 362 g/mol. The van der Waals surface area contributed by atoms with Crippen molar-refractivity contribution in [3.8, 4) is 0 Å². The van der Waals surface area contributed by atoms with Crippen molar-refractivity contribution in [2.24, 2.45) is 11.3 Å². The third-order valence-electron chi connectivity index (χ3n) is 5.43. The molecule has 0 saturated heterocycles. The van der Waals surface area contributed by atoms with Gasteiger partial charge in [-0.25, -0.2) is 14.5 Å². The maximum absolute atomic E-state index is 12.3. The van der Waals surface area contributed by atoms with Gasteiger partial charge < -0.3 is 10.4 Å². The number of aliphatic hydroxyl groups is 1. The van der Waals surface area contributed by atoms with Gasteiger partial charge in [-0.15, -0.1) is 16.4 Å². The first-order valence-corrected chi connectivity index (χ1v) is 10.2. The lowest BCUT2D eigenvalue weighted by Crippen LogP contribution is -2.26. The highest BCUT2D eigenvalue weighted by Crippen LogP contribution is 2.43. The normalized spacial score (nSPS) is 17.4. The summed E-state index contributed by atoms with van der Waals surface area (Å²) in [6.45, 7) is 7.38. The van der Waals surface area contributed by atoms with Crippen molar-refractivity contribution in [3.05, 3.63) is 22.6 Å². The zero-order valence-electron chi connectivity index (χ0n) is 15.9. The zero-order chi connectivity index (χ0) is 19.2. The van der Waals surface area contributed by atoms with Crippen LogP contribution in [0.1, 0.15) is 54.7 Å². The van der Waals surface area contributed by atoms with Crippen LogP contribution in [0.25, 0.3) is 15.9 Å². The summed E-state index contributed by atoms with van der Waals surface area (Å²) in [5.41, 5.74) is 2.33. The second-order valence-corrected chi connectivity index (χ2v) is 9.35. The van der Waals surface area contributed by atoms with Gasteiger partial charge in [0.25, 0.3) is 5.91 Å². The number of nitrogens with one attached hydrogen (secondary N) is 1. The molecule has 0 fully saturated rings. The van der Waals surface area contributed by atoms with E-state index >= 15 is 0 Å². The molecule has 2 N–H and O–H groups in total. The topological polar surface area (TPSA) is 92.4 Å². The Morgan fingerprint density at radius 1 is 1.44 bits per heavy atom. The molecule has 4 rings (SSSR count). The van der Waals surface area contributed by atoms with E-state index in [1.807, 2.05) is 0 Å². The van der Waals surface area contributed by atoms with E-state index in [0.29, 0.717) is 29.9 Å². The summed E-state index contributed by atoms with van der Waals surface area (Å²) in [6.07, 6.45) is 5.40. The molecule has 1 aliphatic carbocycles. The molecule has 0 aliphatic heterocycles. The minimum atomic E-state index is -0.322. The van der Waals surface area contributed by atoms with Crippen molar-refractivity contribution < 1.29 is 9.90 Å². The number of aliphatic hydroxyl groups excluding tert-OH is 1. The fourth-order valence-corrected chi connectivity index (χ4v) is 5.03. The Hall–Kier alpha value is -2.06. The number of nitrogens with zero attached hydrogens (tertiary/aromatic N) is 4. The lowest BCUT2D eigenvalue weighted by molar-refractivity contribution is 0.0941. The summed E-state index contributed by atoms with van der Waals surface area (Å²) < 4.78 is 1.60. The Morgan fingerprint density at radius 3 is 3.00 bits per heavy atom. The molecule has 27 heavy (non-hydrogen) atoms. The number of aryl methyl sites for hydroxylation is 1.